The summed E-state index contributed by atoms with van der Waals surface area (Å²) in [7, 11) is 0. The van der Waals surface area contributed by atoms with E-state index in [9.17, 15) is 9.59 Å². The number of benzene rings is 2. The van der Waals surface area contributed by atoms with Gasteiger partial charge in [0.05, 0.1) is 10.5 Å². The molecule has 0 saturated heterocycles. The first-order valence-electron chi connectivity index (χ1n) is 6.08. The van der Waals surface area contributed by atoms with Crippen LogP contribution in [0.2, 0.25) is 0 Å². The number of ketones is 1. The predicted octanol–water partition coefficient (Wildman–Crippen LogP) is 3.83. The van der Waals surface area contributed by atoms with E-state index in [0.29, 0.717) is 16.9 Å². The Morgan fingerprint density at radius 3 is 2.30 bits per heavy atom. The Labute approximate surface area is 122 Å². The first-order valence-corrected chi connectivity index (χ1v) is 7.30. The van der Waals surface area contributed by atoms with Crippen molar-refractivity contribution in [1.82, 2.24) is 0 Å². The predicted molar refractivity (Wildman–Crippen MR) is 79.6 cm³/mol. The smallest absolute Gasteiger partial charge is 0.343 e. The zero-order chi connectivity index (χ0) is 14.5. The lowest BCUT2D eigenvalue weighted by Gasteiger charge is -2.09. The molecule has 2 rings (SSSR count). The minimum absolute atomic E-state index is 0.0127. The summed E-state index contributed by atoms with van der Waals surface area (Å²) in [5.41, 5.74) is 1.10. The molecule has 0 fully saturated rings. The van der Waals surface area contributed by atoms with Crippen LogP contribution in [0.5, 0.6) is 5.75 Å². The van der Waals surface area contributed by atoms with Crippen LogP contribution >= 0.6 is 11.8 Å². The molecule has 0 aliphatic carbocycles. The second-order valence-corrected chi connectivity index (χ2v) is 5.03. The Hall–Kier alpha value is -2.07. The Balaban J connectivity index is 2.25. The lowest BCUT2D eigenvalue weighted by atomic mass is 10.1. The standard InChI is InChI=1S/C16H14O3S/c1-11(17)13-8-9-14(15(10-13)20-2)19-16(18)12-6-4-3-5-7-12/h3-10H,1-2H3. The maximum absolute atomic E-state index is 12.0. The lowest BCUT2D eigenvalue weighted by molar-refractivity contribution is 0.0730. The lowest BCUT2D eigenvalue weighted by Crippen LogP contribution is -2.09. The number of hydrogen-bond donors (Lipinski definition) is 0. The average molecular weight is 286 g/mol. The molecule has 0 heterocycles. The van der Waals surface area contributed by atoms with Crippen molar-refractivity contribution < 1.29 is 14.3 Å². The van der Waals surface area contributed by atoms with Gasteiger partial charge in [-0.15, -0.1) is 11.8 Å². The normalized spacial score (nSPS) is 10.1. The Bertz CT molecular complexity index is 635. The molecule has 0 unspecified atom stereocenters. The topological polar surface area (TPSA) is 43.4 Å². The summed E-state index contributed by atoms with van der Waals surface area (Å²) in [6, 6.07) is 13.9. The van der Waals surface area contributed by atoms with Gasteiger partial charge in [-0.2, -0.15) is 0 Å². The van der Waals surface area contributed by atoms with E-state index < -0.39 is 5.97 Å². The van der Waals surface area contributed by atoms with Crippen LogP contribution in [0.25, 0.3) is 0 Å². The molecular formula is C16H14O3S. The highest BCUT2D eigenvalue weighted by atomic mass is 32.2. The van der Waals surface area contributed by atoms with Gasteiger partial charge >= 0.3 is 5.97 Å². The summed E-state index contributed by atoms with van der Waals surface area (Å²) in [5.74, 6) is 0.0501. The molecule has 2 aromatic rings. The van der Waals surface area contributed by atoms with Crippen LogP contribution in [0, 0.1) is 0 Å². The largest absolute Gasteiger partial charge is 0.422 e. The van der Waals surface area contributed by atoms with E-state index in [1.165, 1.54) is 18.7 Å². The molecule has 0 saturated carbocycles. The maximum atomic E-state index is 12.0. The monoisotopic (exact) mass is 286 g/mol. The van der Waals surface area contributed by atoms with Crippen molar-refractivity contribution in [3.8, 4) is 5.75 Å². The Morgan fingerprint density at radius 2 is 1.70 bits per heavy atom. The first-order chi connectivity index (χ1) is 9.61. The fraction of sp³-hybridized carbons (Fsp3) is 0.125. The quantitative estimate of drug-likeness (QED) is 0.371. The SMILES string of the molecule is CSc1cc(C(C)=O)ccc1OC(=O)c1ccccc1. The zero-order valence-electron chi connectivity index (χ0n) is 11.3. The third-order valence-electron chi connectivity index (χ3n) is 2.78. The van der Waals surface area contributed by atoms with Gasteiger partial charge in [0, 0.05) is 5.56 Å². The van der Waals surface area contributed by atoms with E-state index in [2.05, 4.69) is 0 Å². The number of carbonyl (C=O) groups is 2. The molecule has 4 heteroatoms. The molecule has 20 heavy (non-hydrogen) atoms. The van der Waals surface area contributed by atoms with E-state index in [-0.39, 0.29) is 5.78 Å². The molecule has 0 bridgehead atoms. The van der Waals surface area contributed by atoms with Gasteiger partial charge in [0.25, 0.3) is 0 Å². The molecule has 0 spiro atoms. The van der Waals surface area contributed by atoms with Crippen LogP contribution in [0.4, 0.5) is 0 Å². The number of carbonyl (C=O) groups excluding carboxylic acids is 2. The van der Waals surface area contributed by atoms with Gasteiger partial charge < -0.3 is 4.74 Å². The molecule has 2 aromatic carbocycles. The van der Waals surface area contributed by atoms with Gasteiger partial charge in [-0.25, -0.2) is 4.79 Å². The van der Waals surface area contributed by atoms with Gasteiger partial charge in [0.15, 0.2) is 5.78 Å². The number of esters is 1. The Kier molecular flexibility index (Phi) is 4.58. The van der Waals surface area contributed by atoms with Gasteiger partial charge in [-0.3, -0.25) is 4.79 Å². The Morgan fingerprint density at radius 1 is 1.00 bits per heavy atom. The molecule has 0 aliphatic heterocycles. The number of hydrogen-bond acceptors (Lipinski definition) is 4. The molecule has 0 radical (unpaired) electrons. The summed E-state index contributed by atoms with van der Waals surface area (Å²) in [6.45, 7) is 1.51. The van der Waals surface area contributed by atoms with E-state index >= 15 is 0 Å². The molecule has 0 aliphatic rings. The van der Waals surface area contributed by atoms with Crippen LogP contribution in [-0.4, -0.2) is 18.0 Å². The van der Waals surface area contributed by atoms with Crippen molar-refractivity contribution in [2.75, 3.05) is 6.26 Å². The van der Waals surface area contributed by atoms with Gasteiger partial charge in [0.1, 0.15) is 5.75 Å². The second-order valence-electron chi connectivity index (χ2n) is 4.18. The second kappa shape index (κ2) is 6.39. The van der Waals surface area contributed by atoms with Crippen LogP contribution in [0.15, 0.2) is 53.4 Å². The van der Waals surface area contributed by atoms with Gasteiger partial charge in [0.2, 0.25) is 0 Å². The molecule has 0 N–H and O–H groups in total. The van der Waals surface area contributed by atoms with Crippen LogP contribution in [0.3, 0.4) is 0 Å². The summed E-state index contributed by atoms with van der Waals surface area (Å²) < 4.78 is 5.39. The molecular weight excluding hydrogens is 272 g/mol. The highest BCUT2D eigenvalue weighted by molar-refractivity contribution is 7.98. The third-order valence-corrected chi connectivity index (χ3v) is 3.54. The van der Waals surface area contributed by atoms with E-state index in [1.54, 1.807) is 42.5 Å². The van der Waals surface area contributed by atoms with E-state index in [0.717, 1.165) is 4.90 Å². The number of thioether (sulfide) groups is 1. The maximum Gasteiger partial charge on any atom is 0.343 e. The summed E-state index contributed by atoms with van der Waals surface area (Å²) >= 11 is 1.43. The fourth-order valence-electron chi connectivity index (χ4n) is 1.70. The van der Waals surface area contributed by atoms with Crippen molar-refractivity contribution in [3.63, 3.8) is 0 Å². The van der Waals surface area contributed by atoms with E-state index in [4.69, 9.17) is 4.74 Å². The van der Waals surface area contributed by atoms with Crippen molar-refractivity contribution in [1.29, 1.82) is 0 Å². The average Bonchev–Trinajstić information content (AvgIpc) is 2.48. The van der Waals surface area contributed by atoms with Gasteiger partial charge in [-0.1, -0.05) is 18.2 Å². The van der Waals surface area contributed by atoms with E-state index in [1.807, 2.05) is 12.3 Å². The van der Waals surface area contributed by atoms with Crippen molar-refractivity contribution in [2.45, 2.75) is 11.8 Å². The highest BCUT2D eigenvalue weighted by Gasteiger charge is 2.12. The minimum atomic E-state index is -0.406. The summed E-state index contributed by atoms with van der Waals surface area (Å²) in [6.07, 6.45) is 1.87. The van der Waals surface area contributed by atoms with Gasteiger partial charge in [-0.05, 0) is 43.5 Å². The zero-order valence-corrected chi connectivity index (χ0v) is 12.1. The third kappa shape index (κ3) is 3.27. The van der Waals surface area contributed by atoms with Crippen LogP contribution < -0.4 is 4.74 Å². The van der Waals surface area contributed by atoms with Crippen LogP contribution in [-0.2, 0) is 0 Å². The number of rotatable bonds is 4. The number of Topliss-reactive ketones (excluding diaryl/α,β-unsaturated/α-hetero) is 1. The van der Waals surface area contributed by atoms with Crippen LogP contribution in [0.1, 0.15) is 27.6 Å². The first kappa shape index (κ1) is 14.3. The highest BCUT2D eigenvalue weighted by Crippen LogP contribution is 2.29. The summed E-state index contributed by atoms with van der Waals surface area (Å²) in [5, 5.41) is 0. The van der Waals surface area contributed by atoms with Crippen molar-refractivity contribution >= 4 is 23.5 Å². The molecule has 0 atom stereocenters. The summed E-state index contributed by atoms with van der Waals surface area (Å²) in [4.78, 5) is 24.1. The van der Waals surface area contributed by atoms with Crippen molar-refractivity contribution in [3.05, 3.63) is 59.7 Å². The number of ether oxygens (including phenoxy) is 1. The molecule has 3 nitrogen and oxygen atoms in total. The molecule has 0 amide bonds. The van der Waals surface area contributed by atoms with Crippen molar-refractivity contribution in [2.24, 2.45) is 0 Å². The molecule has 0 aromatic heterocycles. The minimum Gasteiger partial charge on any atom is -0.422 e. The molecule has 102 valence electrons. The fourth-order valence-corrected chi connectivity index (χ4v) is 2.26.